The molecule has 0 saturated heterocycles. The van der Waals surface area contributed by atoms with Crippen molar-refractivity contribution in [3.8, 4) is 5.75 Å². The number of ether oxygens (including phenoxy) is 2. The highest BCUT2D eigenvalue weighted by atomic mass is 35.5. The molecule has 6 heteroatoms. The first-order valence-electron chi connectivity index (χ1n) is 13.4. The SMILES string of the molecule is C=CCS[C@@H]1CC[C@H]1CN1CC2(CCCc3cc(Cl)ccc32)COc2ccc(C(=O)OC(C)(C)C)cc21. The molecule has 1 heterocycles. The Hall–Kier alpha value is -2.11. The minimum atomic E-state index is -0.543. The zero-order chi connectivity index (χ0) is 26.2. The van der Waals surface area contributed by atoms with Crippen LogP contribution in [0.15, 0.2) is 49.1 Å². The first-order valence-corrected chi connectivity index (χ1v) is 14.9. The molecule has 4 nitrogen and oxygen atoms in total. The summed E-state index contributed by atoms with van der Waals surface area (Å²) >= 11 is 8.40. The number of esters is 1. The number of hydrogen-bond donors (Lipinski definition) is 0. The molecule has 198 valence electrons. The van der Waals surface area contributed by atoms with Crippen molar-refractivity contribution in [2.24, 2.45) is 5.92 Å². The molecule has 37 heavy (non-hydrogen) atoms. The summed E-state index contributed by atoms with van der Waals surface area (Å²) in [7, 11) is 0. The highest BCUT2D eigenvalue weighted by Gasteiger charge is 2.43. The maximum atomic E-state index is 13.0. The van der Waals surface area contributed by atoms with Crippen molar-refractivity contribution in [3.05, 3.63) is 70.8 Å². The number of thioether (sulfide) groups is 1. The molecule has 5 rings (SSSR count). The zero-order valence-corrected chi connectivity index (χ0v) is 23.8. The summed E-state index contributed by atoms with van der Waals surface area (Å²) in [5, 5.41) is 1.44. The fourth-order valence-electron chi connectivity index (χ4n) is 6.02. The van der Waals surface area contributed by atoms with Crippen LogP contribution in [-0.4, -0.2) is 42.3 Å². The molecule has 3 aliphatic rings. The number of carbonyl (C=O) groups excluding carboxylic acids is 1. The topological polar surface area (TPSA) is 38.8 Å². The predicted octanol–water partition coefficient (Wildman–Crippen LogP) is 7.47. The molecule has 0 aromatic heterocycles. The molecule has 2 aromatic rings. The normalized spacial score (nSPS) is 24.8. The number of carbonyl (C=O) groups is 1. The third-order valence-electron chi connectivity index (χ3n) is 7.90. The molecule has 1 saturated carbocycles. The average Bonchev–Trinajstić information content (AvgIpc) is 2.98. The second-order valence-electron chi connectivity index (χ2n) is 11.8. The van der Waals surface area contributed by atoms with E-state index >= 15 is 0 Å². The van der Waals surface area contributed by atoms with E-state index in [0.717, 1.165) is 54.6 Å². The predicted molar refractivity (Wildman–Crippen MR) is 155 cm³/mol. The Morgan fingerprint density at radius 3 is 2.84 bits per heavy atom. The van der Waals surface area contributed by atoms with Gasteiger partial charge in [0.2, 0.25) is 0 Å². The van der Waals surface area contributed by atoms with Gasteiger partial charge in [0.1, 0.15) is 11.4 Å². The van der Waals surface area contributed by atoms with Gasteiger partial charge in [0.15, 0.2) is 0 Å². The van der Waals surface area contributed by atoms with E-state index < -0.39 is 5.60 Å². The summed E-state index contributed by atoms with van der Waals surface area (Å²) in [6.45, 7) is 12.0. The molecule has 0 N–H and O–H groups in total. The van der Waals surface area contributed by atoms with Crippen LogP contribution in [0.4, 0.5) is 5.69 Å². The maximum Gasteiger partial charge on any atom is 0.338 e. The van der Waals surface area contributed by atoms with Crippen molar-refractivity contribution in [2.75, 3.05) is 30.3 Å². The minimum absolute atomic E-state index is 0.114. The van der Waals surface area contributed by atoms with Crippen molar-refractivity contribution < 1.29 is 14.3 Å². The fraction of sp³-hybridized carbons (Fsp3) is 0.516. The van der Waals surface area contributed by atoms with Crippen molar-refractivity contribution in [2.45, 2.75) is 69.1 Å². The van der Waals surface area contributed by atoms with Crippen LogP contribution in [0.1, 0.15) is 67.9 Å². The monoisotopic (exact) mass is 539 g/mol. The Labute approximate surface area is 230 Å². The molecule has 2 aliphatic carbocycles. The Morgan fingerprint density at radius 2 is 2.11 bits per heavy atom. The van der Waals surface area contributed by atoms with Crippen LogP contribution in [0.3, 0.4) is 0 Å². The molecule has 0 bridgehead atoms. The van der Waals surface area contributed by atoms with Gasteiger partial charge in [-0.15, -0.1) is 6.58 Å². The number of hydrogen-bond acceptors (Lipinski definition) is 5. The molecular formula is C31H38ClNO3S. The number of aryl methyl sites for hydroxylation is 1. The average molecular weight is 540 g/mol. The quantitative estimate of drug-likeness (QED) is 0.281. The molecule has 1 unspecified atom stereocenters. The van der Waals surface area contributed by atoms with Crippen LogP contribution < -0.4 is 9.64 Å². The lowest BCUT2D eigenvalue weighted by Gasteiger charge is -2.44. The van der Waals surface area contributed by atoms with E-state index in [9.17, 15) is 4.79 Å². The largest absolute Gasteiger partial charge is 0.490 e. The summed E-state index contributed by atoms with van der Waals surface area (Å²) in [6, 6.07) is 12.1. The van der Waals surface area contributed by atoms with Crippen molar-refractivity contribution in [1.29, 1.82) is 0 Å². The second-order valence-corrected chi connectivity index (χ2v) is 13.5. The summed E-state index contributed by atoms with van der Waals surface area (Å²) in [6.07, 6.45) is 7.73. The molecule has 1 spiro atoms. The van der Waals surface area contributed by atoms with Gasteiger partial charge in [-0.3, -0.25) is 0 Å². The van der Waals surface area contributed by atoms with Gasteiger partial charge < -0.3 is 14.4 Å². The number of benzene rings is 2. The molecule has 0 radical (unpaired) electrons. The van der Waals surface area contributed by atoms with Gasteiger partial charge in [0, 0.05) is 34.5 Å². The van der Waals surface area contributed by atoms with Crippen LogP contribution >= 0.6 is 23.4 Å². The summed E-state index contributed by atoms with van der Waals surface area (Å²) in [4.78, 5) is 15.5. The van der Waals surface area contributed by atoms with Gasteiger partial charge in [-0.25, -0.2) is 4.79 Å². The Kier molecular flexibility index (Phi) is 7.57. The fourth-order valence-corrected chi connectivity index (χ4v) is 7.39. The summed E-state index contributed by atoms with van der Waals surface area (Å²) in [5.74, 6) is 2.14. The lowest BCUT2D eigenvalue weighted by molar-refractivity contribution is 0.00695. The van der Waals surface area contributed by atoms with Crippen molar-refractivity contribution in [3.63, 3.8) is 0 Å². The number of halogens is 1. The molecule has 1 aliphatic heterocycles. The first kappa shape index (κ1) is 26.5. The highest BCUT2D eigenvalue weighted by Crippen LogP contribution is 2.46. The van der Waals surface area contributed by atoms with E-state index in [1.54, 1.807) is 0 Å². The third kappa shape index (κ3) is 5.68. The van der Waals surface area contributed by atoms with Crippen LogP contribution in [0.5, 0.6) is 5.75 Å². The summed E-state index contributed by atoms with van der Waals surface area (Å²) in [5.41, 5.74) is 3.61. The lowest BCUT2D eigenvalue weighted by atomic mass is 9.70. The molecule has 0 amide bonds. The molecule has 2 aromatic carbocycles. The Balaban J connectivity index is 1.51. The molecular weight excluding hydrogens is 502 g/mol. The summed E-state index contributed by atoms with van der Waals surface area (Å²) < 4.78 is 12.3. The maximum absolute atomic E-state index is 13.0. The van der Waals surface area contributed by atoms with Gasteiger partial charge in [-0.05, 0) is 100 Å². The van der Waals surface area contributed by atoms with Crippen LogP contribution in [0.25, 0.3) is 0 Å². The number of anilines is 1. The first-order chi connectivity index (χ1) is 17.7. The second kappa shape index (κ2) is 10.6. The van der Waals surface area contributed by atoms with Gasteiger partial charge in [0.05, 0.1) is 17.9 Å². The van der Waals surface area contributed by atoms with Crippen LogP contribution in [0.2, 0.25) is 5.02 Å². The number of nitrogens with zero attached hydrogens (tertiary/aromatic N) is 1. The zero-order valence-electron chi connectivity index (χ0n) is 22.2. The smallest absolute Gasteiger partial charge is 0.338 e. The lowest BCUT2D eigenvalue weighted by Crippen LogP contribution is -2.49. The Morgan fingerprint density at radius 1 is 1.27 bits per heavy atom. The third-order valence-corrected chi connectivity index (χ3v) is 9.61. The number of rotatable bonds is 6. The molecule has 3 atom stereocenters. The van der Waals surface area contributed by atoms with Crippen molar-refractivity contribution >= 4 is 35.0 Å². The van der Waals surface area contributed by atoms with Gasteiger partial charge >= 0.3 is 5.97 Å². The molecule has 1 fully saturated rings. The van der Waals surface area contributed by atoms with E-state index in [0.29, 0.717) is 23.3 Å². The van der Waals surface area contributed by atoms with E-state index in [1.165, 1.54) is 24.0 Å². The van der Waals surface area contributed by atoms with Crippen molar-refractivity contribution in [1.82, 2.24) is 0 Å². The Bertz CT molecular complexity index is 1180. The standard InChI is InChI=1S/C31H38ClNO3S/c1-5-15-37-28-13-9-23(28)18-33-19-31(14-6-7-21-16-24(32)10-11-25(21)31)20-35-27-12-8-22(17-26(27)33)29(34)36-30(2,3)4/h5,8,10-12,16-17,23,28H,1,6-7,9,13-15,18-20H2,2-4H3/t23-,28+,31?/m0/s1. The highest BCUT2D eigenvalue weighted by molar-refractivity contribution is 8.00. The van der Waals surface area contributed by atoms with Crippen LogP contribution in [-0.2, 0) is 16.6 Å². The van der Waals surface area contributed by atoms with Gasteiger partial charge in [-0.1, -0.05) is 23.7 Å². The van der Waals surface area contributed by atoms with E-state index in [2.05, 4.69) is 23.6 Å². The van der Waals surface area contributed by atoms with Crippen LogP contribution in [0, 0.1) is 5.92 Å². The number of fused-ring (bicyclic) bond motifs is 3. The van der Waals surface area contributed by atoms with Gasteiger partial charge in [0.25, 0.3) is 0 Å². The van der Waals surface area contributed by atoms with E-state index in [4.69, 9.17) is 21.1 Å². The minimum Gasteiger partial charge on any atom is -0.490 e. The van der Waals surface area contributed by atoms with Gasteiger partial charge in [-0.2, -0.15) is 11.8 Å². The van der Waals surface area contributed by atoms with E-state index in [1.807, 2.05) is 62.9 Å². The van der Waals surface area contributed by atoms with E-state index in [-0.39, 0.29) is 11.4 Å².